The summed E-state index contributed by atoms with van der Waals surface area (Å²) >= 11 is 16.9. The van der Waals surface area contributed by atoms with Crippen molar-refractivity contribution < 1.29 is 19.4 Å². The molecule has 0 unspecified atom stereocenters. The van der Waals surface area contributed by atoms with E-state index in [4.69, 9.17) is 40.2 Å². The highest BCUT2D eigenvalue weighted by Gasteiger charge is 2.17. The van der Waals surface area contributed by atoms with E-state index in [1.54, 1.807) is 12.1 Å². The summed E-state index contributed by atoms with van der Waals surface area (Å²) in [6.45, 7) is 6.05. The zero-order chi connectivity index (χ0) is 21.8. The quantitative estimate of drug-likeness (QED) is 0.557. The Balaban J connectivity index is 1.95. The van der Waals surface area contributed by atoms with Crippen LogP contribution in [0.5, 0.6) is 5.75 Å². The Morgan fingerprint density at radius 1 is 1.14 bits per heavy atom. The number of benzene rings is 2. The van der Waals surface area contributed by atoms with Crippen molar-refractivity contribution in [3.8, 4) is 5.75 Å². The largest absolute Gasteiger partial charge is 0.484 e. The molecule has 0 atom stereocenters. The van der Waals surface area contributed by atoms with Crippen LogP contribution in [0, 0.1) is 0 Å². The number of nitrogens with one attached hydrogen (secondary N) is 2. The molecule has 0 aliphatic rings. The van der Waals surface area contributed by atoms with Gasteiger partial charge in [-0.15, -0.1) is 0 Å². The molecule has 0 spiro atoms. The molecule has 0 saturated heterocycles. The molecule has 1 amide bonds. The third-order valence-corrected chi connectivity index (χ3v) is 4.59. The van der Waals surface area contributed by atoms with Crippen LogP contribution in [-0.2, 0) is 10.2 Å². The summed E-state index contributed by atoms with van der Waals surface area (Å²) in [4.78, 5) is 23.4. The molecule has 3 N–H and O–H groups in total. The number of ether oxygens (including phenoxy) is 1. The zero-order valence-electron chi connectivity index (χ0n) is 16.0. The smallest absolute Gasteiger partial charge is 0.337 e. The molecule has 6 nitrogen and oxygen atoms in total. The number of hydrogen-bond acceptors (Lipinski definition) is 4. The fourth-order valence-corrected chi connectivity index (χ4v) is 3.13. The van der Waals surface area contributed by atoms with Crippen LogP contribution in [0.3, 0.4) is 0 Å². The maximum absolute atomic E-state index is 12.1. The Bertz CT molecular complexity index is 941. The minimum absolute atomic E-state index is 0.0194. The molecule has 29 heavy (non-hydrogen) atoms. The second-order valence-corrected chi connectivity index (χ2v) is 8.43. The Morgan fingerprint density at radius 3 is 2.31 bits per heavy atom. The number of aromatic carboxylic acids is 1. The van der Waals surface area contributed by atoms with Gasteiger partial charge in [0.15, 0.2) is 11.7 Å². The number of rotatable bonds is 5. The lowest BCUT2D eigenvalue weighted by Gasteiger charge is -2.19. The molecule has 0 radical (unpaired) electrons. The average molecular weight is 455 g/mol. The molecule has 9 heteroatoms. The number of carbonyl (C=O) groups is 2. The molecule has 0 heterocycles. The first kappa shape index (κ1) is 22.9. The second-order valence-electron chi connectivity index (χ2n) is 7.18. The van der Waals surface area contributed by atoms with Crippen molar-refractivity contribution in [3.05, 3.63) is 57.6 Å². The van der Waals surface area contributed by atoms with Gasteiger partial charge in [0.25, 0.3) is 5.91 Å². The number of anilines is 1. The lowest BCUT2D eigenvalue weighted by molar-refractivity contribution is -0.121. The van der Waals surface area contributed by atoms with Gasteiger partial charge in [0.2, 0.25) is 0 Å². The van der Waals surface area contributed by atoms with Crippen LogP contribution in [-0.4, -0.2) is 28.7 Å². The normalized spacial score (nSPS) is 10.9. The van der Waals surface area contributed by atoms with Gasteiger partial charge in [0.1, 0.15) is 5.75 Å². The Hall–Kier alpha value is -2.35. The third-order valence-electron chi connectivity index (χ3n) is 3.87. The Morgan fingerprint density at radius 2 is 1.76 bits per heavy atom. The van der Waals surface area contributed by atoms with Crippen LogP contribution in [0.2, 0.25) is 10.0 Å². The monoisotopic (exact) mass is 454 g/mol. The summed E-state index contributed by atoms with van der Waals surface area (Å²) in [5.74, 6) is -1.21. The summed E-state index contributed by atoms with van der Waals surface area (Å²) < 4.78 is 5.45. The number of hydrogen-bond donors (Lipinski definition) is 3. The van der Waals surface area contributed by atoms with Gasteiger partial charge < -0.3 is 15.2 Å². The highest BCUT2D eigenvalue weighted by atomic mass is 35.5. The first-order valence-corrected chi connectivity index (χ1v) is 9.70. The molecular weight excluding hydrogens is 435 g/mol. The van der Waals surface area contributed by atoms with Gasteiger partial charge in [-0.05, 0) is 47.5 Å². The van der Waals surface area contributed by atoms with Crippen LogP contribution >= 0.6 is 35.4 Å². The van der Waals surface area contributed by atoms with Crippen molar-refractivity contribution in [1.82, 2.24) is 5.32 Å². The van der Waals surface area contributed by atoms with Gasteiger partial charge in [0.05, 0.1) is 16.3 Å². The van der Waals surface area contributed by atoms with E-state index >= 15 is 0 Å². The Kier molecular flexibility index (Phi) is 7.46. The number of amides is 1. The van der Waals surface area contributed by atoms with Crippen LogP contribution in [0.25, 0.3) is 0 Å². The maximum atomic E-state index is 12.1. The molecular formula is C20H20Cl2N2O4S. The van der Waals surface area contributed by atoms with E-state index in [9.17, 15) is 14.7 Å². The molecule has 0 aromatic heterocycles. The van der Waals surface area contributed by atoms with Crippen molar-refractivity contribution in [1.29, 1.82) is 0 Å². The van der Waals surface area contributed by atoms with Crippen LogP contribution in [0.4, 0.5) is 5.69 Å². The van der Waals surface area contributed by atoms with Gasteiger partial charge in [-0.1, -0.05) is 56.1 Å². The van der Waals surface area contributed by atoms with Crippen molar-refractivity contribution in [3.63, 3.8) is 0 Å². The standard InChI is InChI=1S/C20H20Cl2N2O4S/c1-20(2,3)11-4-6-13(7-5-11)28-10-16(25)23-19(29)24-17-14(18(26)27)8-12(21)9-15(17)22/h4-9H,10H2,1-3H3,(H,26,27)(H2,23,24,25,29). The maximum Gasteiger partial charge on any atom is 0.337 e. The SMILES string of the molecule is CC(C)(C)c1ccc(OCC(=O)NC(=S)Nc2c(Cl)cc(Cl)cc2C(=O)O)cc1. The van der Waals surface area contributed by atoms with Crippen LogP contribution < -0.4 is 15.4 Å². The number of halogens is 2. The summed E-state index contributed by atoms with van der Waals surface area (Å²) in [5.41, 5.74) is 1.03. The van der Waals surface area contributed by atoms with Crippen molar-refractivity contribution in [2.24, 2.45) is 0 Å². The predicted octanol–water partition coefficient (Wildman–Crippen LogP) is 4.88. The molecule has 0 fully saturated rings. The lowest BCUT2D eigenvalue weighted by Crippen LogP contribution is -2.37. The predicted molar refractivity (Wildman–Crippen MR) is 118 cm³/mol. The molecule has 0 bridgehead atoms. The van der Waals surface area contributed by atoms with Crippen LogP contribution in [0.15, 0.2) is 36.4 Å². The van der Waals surface area contributed by atoms with E-state index in [1.807, 2.05) is 12.1 Å². The van der Waals surface area contributed by atoms with Gasteiger partial charge >= 0.3 is 5.97 Å². The average Bonchev–Trinajstić information content (AvgIpc) is 2.61. The van der Waals surface area contributed by atoms with E-state index in [-0.39, 0.29) is 38.4 Å². The van der Waals surface area contributed by atoms with Gasteiger partial charge in [-0.25, -0.2) is 4.79 Å². The van der Waals surface area contributed by atoms with Crippen molar-refractivity contribution >= 4 is 58.1 Å². The summed E-state index contributed by atoms with van der Waals surface area (Å²) in [6.07, 6.45) is 0. The zero-order valence-corrected chi connectivity index (χ0v) is 18.3. The van der Waals surface area contributed by atoms with E-state index in [0.29, 0.717) is 5.75 Å². The first-order chi connectivity index (χ1) is 13.5. The number of carbonyl (C=O) groups excluding carboxylic acids is 1. The van der Waals surface area contributed by atoms with Gasteiger partial charge in [-0.3, -0.25) is 10.1 Å². The molecule has 0 aliphatic carbocycles. The summed E-state index contributed by atoms with van der Waals surface area (Å²) in [6, 6.07) is 10.1. The molecule has 154 valence electrons. The topological polar surface area (TPSA) is 87.7 Å². The second kappa shape index (κ2) is 9.43. The van der Waals surface area contributed by atoms with E-state index in [2.05, 4.69) is 31.4 Å². The lowest BCUT2D eigenvalue weighted by atomic mass is 9.87. The number of carboxylic acid groups (broad SMARTS) is 1. The molecule has 0 saturated carbocycles. The summed E-state index contributed by atoms with van der Waals surface area (Å²) in [7, 11) is 0. The van der Waals surface area contributed by atoms with Gasteiger partial charge in [-0.2, -0.15) is 0 Å². The van der Waals surface area contributed by atoms with Crippen molar-refractivity contribution in [2.45, 2.75) is 26.2 Å². The fraction of sp³-hybridized carbons (Fsp3) is 0.250. The van der Waals surface area contributed by atoms with Gasteiger partial charge in [0, 0.05) is 5.02 Å². The minimum Gasteiger partial charge on any atom is -0.484 e. The third kappa shape index (κ3) is 6.59. The van der Waals surface area contributed by atoms with Crippen molar-refractivity contribution in [2.75, 3.05) is 11.9 Å². The fourth-order valence-electron chi connectivity index (χ4n) is 2.38. The summed E-state index contributed by atoms with van der Waals surface area (Å²) in [5, 5.41) is 14.4. The molecule has 2 aromatic carbocycles. The highest BCUT2D eigenvalue weighted by Crippen LogP contribution is 2.30. The van der Waals surface area contributed by atoms with E-state index < -0.39 is 11.9 Å². The molecule has 0 aliphatic heterocycles. The van der Waals surface area contributed by atoms with E-state index in [0.717, 1.165) is 5.56 Å². The first-order valence-electron chi connectivity index (χ1n) is 8.54. The molecule has 2 rings (SSSR count). The van der Waals surface area contributed by atoms with E-state index in [1.165, 1.54) is 12.1 Å². The number of carboxylic acids is 1. The number of thiocarbonyl (C=S) groups is 1. The minimum atomic E-state index is -1.24. The molecule has 2 aromatic rings. The van der Waals surface area contributed by atoms with Crippen LogP contribution in [0.1, 0.15) is 36.7 Å². The highest BCUT2D eigenvalue weighted by molar-refractivity contribution is 7.80. The Labute approximate surface area is 184 Å².